The van der Waals surface area contributed by atoms with Crippen LogP contribution in [-0.4, -0.2) is 32.2 Å². The summed E-state index contributed by atoms with van der Waals surface area (Å²) in [6.45, 7) is -0.131. The number of hydrogen-bond donors (Lipinski definition) is 1. The van der Waals surface area contributed by atoms with E-state index in [1.807, 2.05) is 0 Å². The molecule has 0 radical (unpaired) electrons. The number of carbonyl (C=O) groups is 3. The van der Waals surface area contributed by atoms with Crippen molar-refractivity contribution in [2.75, 3.05) is 0 Å². The van der Waals surface area contributed by atoms with Gasteiger partial charge in [-0.25, -0.2) is 4.79 Å². The molecule has 0 bridgehead atoms. The molecule has 4 amide bonds. The number of barbiturate groups is 1. The molecule has 0 saturated carbocycles. The molecule has 30 heavy (non-hydrogen) atoms. The van der Waals surface area contributed by atoms with Gasteiger partial charge in [0.25, 0.3) is 17.5 Å². The average Bonchev–Trinajstić information content (AvgIpc) is 3.40. The molecule has 0 aliphatic carbocycles. The number of rotatable bonds is 5. The molecule has 3 aromatic rings. The number of aromatic nitrogens is 1. The quantitative estimate of drug-likeness (QED) is 0.300. The average molecular weight is 406 g/mol. The summed E-state index contributed by atoms with van der Waals surface area (Å²) in [7, 11) is 0. The molecule has 150 valence electrons. The second-order valence-corrected chi connectivity index (χ2v) is 6.37. The Labute approximate surface area is 169 Å². The van der Waals surface area contributed by atoms with Crippen molar-refractivity contribution in [1.82, 2.24) is 14.8 Å². The Morgan fingerprint density at radius 2 is 1.93 bits per heavy atom. The van der Waals surface area contributed by atoms with Crippen molar-refractivity contribution in [3.63, 3.8) is 0 Å². The smallest absolute Gasteiger partial charge is 0.331 e. The molecule has 3 heterocycles. The van der Waals surface area contributed by atoms with Gasteiger partial charge in [0.2, 0.25) is 0 Å². The van der Waals surface area contributed by atoms with Crippen molar-refractivity contribution in [3.8, 4) is 5.69 Å². The maximum atomic E-state index is 12.8. The Hall–Kier alpha value is -4.47. The highest BCUT2D eigenvalue weighted by Crippen LogP contribution is 2.22. The maximum Gasteiger partial charge on any atom is 0.331 e. The molecule has 1 aliphatic rings. The van der Waals surface area contributed by atoms with Gasteiger partial charge in [0.15, 0.2) is 0 Å². The summed E-state index contributed by atoms with van der Waals surface area (Å²) in [6.07, 6.45) is 4.38. The highest BCUT2D eigenvalue weighted by Gasteiger charge is 2.36. The van der Waals surface area contributed by atoms with Crippen LogP contribution < -0.4 is 5.32 Å². The summed E-state index contributed by atoms with van der Waals surface area (Å²) in [5.41, 5.74) is 0.572. The molecular weight excluding hydrogens is 392 g/mol. The van der Waals surface area contributed by atoms with Crippen molar-refractivity contribution >= 4 is 29.6 Å². The number of imide groups is 2. The zero-order valence-electron chi connectivity index (χ0n) is 15.3. The van der Waals surface area contributed by atoms with Gasteiger partial charge in [-0.1, -0.05) is 6.07 Å². The highest BCUT2D eigenvalue weighted by atomic mass is 16.6. The third-order valence-electron chi connectivity index (χ3n) is 4.47. The first-order valence-electron chi connectivity index (χ1n) is 8.77. The zero-order valence-corrected chi connectivity index (χ0v) is 15.3. The second-order valence-electron chi connectivity index (χ2n) is 6.37. The molecule has 0 spiro atoms. The predicted octanol–water partition coefficient (Wildman–Crippen LogP) is 2.64. The third-order valence-corrected chi connectivity index (χ3v) is 4.47. The fraction of sp³-hybridized carbons (Fsp3) is 0.0500. The van der Waals surface area contributed by atoms with E-state index in [4.69, 9.17) is 4.42 Å². The Morgan fingerprint density at radius 1 is 1.10 bits per heavy atom. The molecule has 1 aromatic carbocycles. The highest BCUT2D eigenvalue weighted by molar-refractivity contribution is 6.30. The minimum absolute atomic E-state index is 0.0958. The van der Waals surface area contributed by atoms with E-state index in [2.05, 4.69) is 5.32 Å². The number of benzene rings is 1. The van der Waals surface area contributed by atoms with E-state index in [-0.39, 0.29) is 17.8 Å². The van der Waals surface area contributed by atoms with Gasteiger partial charge in [-0.2, -0.15) is 0 Å². The van der Waals surface area contributed by atoms with Gasteiger partial charge in [0.1, 0.15) is 11.3 Å². The van der Waals surface area contributed by atoms with Crippen molar-refractivity contribution in [2.24, 2.45) is 0 Å². The lowest BCUT2D eigenvalue weighted by atomic mass is 10.1. The van der Waals surface area contributed by atoms with E-state index in [9.17, 15) is 24.5 Å². The second kappa shape index (κ2) is 7.51. The zero-order chi connectivity index (χ0) is 21.3. The number of carbonyl (C=O) groups excluding carboxylic acids is 3. The van der Waals surface area contributed by atoms with Gasteiger partial charge in [0.05, 0.1) is 23.4 Å². The number of hydrogen-bond acceptors (Lipinski definition) is 6. The van der Waals surface area contributed by atoms with Crippen LogP contribution in [0.1, 0.15) is 11.5 Å². The minimum Gasteiger partial charge on any atom is -0.467 e. The largest absolute Gasteiger partial charge is 0.467 e. The summed E-state index contributed by atoms with van der Waals surface area (Å²) in [5.74, 6) is -1.22. The number of nitro groups is 1. The molecular formula is C20H14N4O6. The SMILES string of the molecule is O=C1NC(=O)N(Cc2ccco2)C(=O)/C1=C/c1cccn1-c1cccc([N+](=O)[O-])c1. The third kappa shape index (κ3) is 3.49. The lowest BCUT2D eigenvalue weighted by Crippen LogP contribution is -2.53. The molecule has 1 saturated heterocycles. The fourth-order valence-electron chi connectivity index (χ4n) is 3.05. The minimum atomic E-state index is -0.840. The normalized spacial score (nSPS) is 15.5. The van der Waals surface area contributed by atoms with Crippen molar-refractivity contribution in [2.45, 2.75) is 6.54 Å². The molecule has 2 aromatic heterocycles. The van der Waals surface area contributed by atoms with Crippen LogP contribution in [0.2, 0.25) is 0 Å². The molecule has 0 unspecified atom stereocenters. The van der Waals surface area contributed by atoms with E-state index in [1.165, 1.54) is 30.5 Å². The van der Waals surface area contributed by atoms with E-state index in [0.29, 0.717) is 17.1 Å². The first-order valence-corrected chi connectivity index (χ1v) is 8.77. The fourth-order valence-corrected chi connectivity index (χ4v) is 3.05. The van der Waals surface area contributed by atoms with Crippen molar-refractivity contribution in [3.05, 3.63) is 88.1 Å². The van der Waals surface area contributed by atoms with E-state index in [1.54, 1.807) is 41.1 Å². The Morgan fingerprint density at radius 3 is 2.67 bits per heavy atom. The Kier molecular flexibility index (Phi) is 4.72. The molecule has 4 rings (SSSR count). The van der Waals surface area contributed by atoms with Gasteiger partial charge in [-0.15, -0.1) is 0 Å². The molecule has 1 aliphatic heterocycles. The summed E-state index contributed by atoms with van der Waals surface area (Å²) in [5, 5.41) is 13.2. The summed E-state index contributed by atoms with van der Waals surface area (Å²) in [6, 6.07) is 11.6. The van der Waals surface area contributed by atoms with Crippen molar-refractivity contribution < 1.29 is 23.7 Å². The van der Waals surface area contributed by atoms with Crippen LogP contribution in [0.4, 0.5) is 10.5 Å². The number of amides is 4. The van der Waals surface area contributed by atoms with Crippen LogP contribution in [-0.2, 0) is 16.1 Å². The summed E-state index contributed by atoms with van der Waals surface area (Å²) in [4.78, 5) is 48.7. The number of nitro benzene ring substituents is 1. The maximum absolute atomic E-state index is 12.8. The molecule has 1 fully saturated rings. The van der Waals surface area contributed by atoms with Crippen molar-refractivity contribution in [1.29, 1.82) is 0 Å². The molecule has 0 atom stereocenters. The van der Waals surface area contributed by atoms with Gasteiger partial charge in [-0.05, 0) is 36.4 Å². The monoisotopic (exact) mass is 406 g/mol. The summed E-state index contributed by atoms with van der Waals surface area (Å²) < 4.78 is 6.76. The number of nitrogens with one attached hydrogen (secondary N) is 1. The number of nitrogens with zero attached hydrogens (tertiary/aromatic N) is 3. The summed E-state index contributed by atoms with van der Waals surface area (Å²) >= 11 is 0. The first-order chi connectivity index (χ1) is 14.4. The first kappa shape index (κ1) is 18.9. The van der Waals surface area contributed by atoms with Gasteiger partial charge >= 0.3 is 6.03 Å². The molecule has 10 heteroatoms. The predicted molar refractivity (Wildman–Crippen MR) is 103 cm³/mol. The van der Waals surface area contributed by atoms with Crippen LogP contribution in [0.25, 0.3) is 11.8 Å². The number of urea groups is 1. The topological polar surface area (TPSA) is 128 Å². The van der Waals surface area contributed by atoms with E-state index >= 15 is 0 Å². The lowest BCUT2D eigenvalue weighted by molar-refractivity contribution is -0.384. The molecule has 10 nitrogen and oxygen atoms in total. The van der Waals surface area contributed by atoms with E-state index < -0.39 is 22.8 Å². The van der Waals surface area contributed by atoms with Crippen LogP contribution in [0.5, 0.6) is 0 Å². The standard InChI is InChI=1S/C20H14N4O6/c25-18-17(19(26)23(20(27)21-18)12-16-7-3-9-30-16)11-14-6-2-8-22(14)13-4-1-5-15(10-13)24(28)29/h1-11H,12H2,(H,21,25,27)/b17-11+. The lowest BCUT2D eigenvalue weighted by Gasteiger charge is -2.25. The molecule has 1 N–H and O–H groups in total. The van der Waals surface area contributed by atoms with Crippen LogP contribution in [0.3, 0.4) is 0 Å². The number of non-ortho nitro benzene ring substituents is 1. The van der Waals surface area contributed by atoms with Gasteiger partial charge in [0, 0.05) is 24.0 Å². The van der Waals surface area contributed by atoms with Crippen LogP contribution >= 0.6 is 0 Å². The van der Waals surface area contributed by atoms with Crippen LogP contribution in [0, 0.1) is 10.1 Å². The van der Waals surface area contributed by atoms with Gasteiger partial charge < -0.3 is 8.98 Å². The Bertz CT molecular complexity index is 1190. The number of furan rings is 1. The van der Waals surface area contributed by atoms with Crippen LogP contribution in [0.15, 0.2) is 71.0 Å². The van der Waals surface area contributed by atoms with E-state index in [0.717, 1.165) is 4.90 Å². The Balaban J connectivity index is 1.69. The van der Waals surface area contributed by atoms with Gasteiger partial charge in [-0.3, -0.25) is 29.9 Å².